The number of halogens is 3. The van der Waals surface area contributed by atoms with E-state index in [1.165, 1.54) is 17.3 Å². The summed E-state index contributed by atoms with van der Waals surface area (Å²) in [6, 6.07) is 0. The van der Waals surface area contributed by atoms with E-state index in [2.05, 4.69) is 10.1 Å². The fourth-order valence-corrected chi connectivity index (χ4v) is 1.86. The Labute approximate surface area is 109 Å². The molecule has 7 heteroatoms. The van der Waals surface area contributed by atoms with E-state index >= 15 is 0 Å². The molecule has 0 fully saturated rings. The van der Waals surface area contributed by atoms with E-state index < -0.39 is 17.7 Å². The maximum Gasteiger partial charge on any atom is 0.137 e. The van der Waals surface area contributed by atoms with Gasteiger partial charge in [0.05, 0.1) is 18.3 Å². The van der Waals surface area contributed by atoms with Gasteiger partial charge in [-0.25, -0.2) is 9.67 Å². The third-order valence-electron chi connectivity index (χ3n) is 2.80. The van der Waals surface area contributed by atoms with E-state index in [-0.39, 0.29) is 11.6 Å². The number of hydrogen-bond acceptors (Lipinski definition) is 3. The number of nitrogens with zero attached hydrogens (tertiary/aromatic N) is 3. The first-order valence-electron chi connectivity index (χ1n) is 4.94. The topological polar surface area (TPSA) is 50.9 Å². The third-order valence-corrected chi connectivity index (χ3v) is 3.55. The molecular weight excluding hydrogens is 268 g/mol. The van der Waals surface area contributed by atoms with Gasteiger partial charge in [0.1, 0.15) is 18.3 Å². The molecule has 4 nitrogen and oxygen atoms in total. The van der Waals surface area contributed by atoms with Crippen molar-refractivity contribution in [2.45, 2.75) is 26.0 Å². The van der Waals surface area contributed by atoms with Crippen LogP contribution >= 0.6 is 23.2 Å². The molecule has 1 atom stereocenters. The SMILES string of the molecule is CC(C)(CF)[C@](O)(Cn1cncn1)/C(Cl)=C/Cl. The first-order chi connectivity index (χ1) is 7.87. The molecule has 1 N–H and O–H groups in total. The average Bonchev–Trinajstić information content (AvgIpc) is 2.80. The Morgan fingerprint density at radius 2 is 2.24 bits per heavy atom. The molecule has 0 bridgehead atoms. The molecule has 17 heavy (non-hydrogen) atoms. The van der Waals surface area contributed by atoms with Crippen molar-refractivity contribution in [2.75, 3.05) is 6.67 Å². The van der Waals surface area contributed by atoms with Gasteiger partial charge in [-0.3, -0.25) is 4.39 Å². The van der Waals surface area contributed by atoms with E-state index in [0.717, 1.165) is 5.54 Å². The zero-order chi connectivity index (χ0) is 13.1. The summed E-state index contributed by atoms with van der Waals surface area (Å²) in [7, 11) is 0. The van der Waals surface area contributed by atoms with Gasteiger partial charge in [0.15, 0.2) is 0 Å². The van der Waals surface area contributed by atoms with Crippen LogP contribution in [0.2, 0.25) is 0 Å². The van der Waals surface area contributed by atoms with Crippen molar-refractivity contribution >= 4 is 23.2 Å². The Bertz CT molecular complexity index is 394. The van der Waals surface area contributed by atoms with Gasteiger partial charge < -0.3 is 5.11 Å². The summed E-state index contributed by atoms with van der Waals surface area (Å²) < 4.78 is 14.4. The van der Waals surface area contributed by atoms with Crippen LogP contribution in [0.15, 0.2) is 23.2 Å². The van der Waals surface area contributed by atoms with Crippen LogP contribution in [0.4, 0.5) is 4.39 Å². The maximum absolute atomic E-state index is 13.1. The third kappa shape index (κ3) is 2.78. The van der Waals surface area contributed by atoms with Crippen LogP contribution in [0, 0.1) is 5.41 Å². The molecule has 0 saturated carbocycles. The van der Waals surface area contributed by atoms with Gasteiger partial charge in [-0.2, -0.15) is 5.10 Å². The van der Waals surface area contributed by atoms with E-state index in [9.17, 15) is 9.50 Å². The largest absolute Gasteiger partial charge is 0.382 e. The van der Waals surface area contributed by atoms with Crippen LogP contribution in [0.3, 0.4) is 0 Å². The summed E-state index contributed by atoms with van der Waals surface area (Å²) in [5, 5.41) is 14.4. The van der Waals surface area contributed by atoms with Crippen molar-refractivity contribution in [3.63, 3.8) is 0 Å². The Kier molecular flexibility index (Phi) is 4.52. The fourth-order valence-electron chi connectivity index (χ4n) is 1.36. The monoisotopic (exact) mass is 281 g/mol. The second kappa shape index (κ2) is 5.33. The van der Waals surface area contributed by atoms with Crippen LogP contribution < -0.4 is 0 Å². The first-order valence-corrected chi connectivity index (χ1v) is 5.76. The lowest BCUT2D eigenvalue weighted by Crippen LogP contribution is -2.50. The molecule has 1 heterocycles. The smallest absolute Gasteiger partial charge is 0.137 e. The van der Waals surface area contributed by atoms with E-state index in [0.29, 0.717) is 0 Å². The van der Waals surface area contributed by atoms with Crippen molar-refractivity contribution in [1.82, 2.24) is 14.8 Å². The molecule has 0 saturated heterocycles. The summed E-state index contributed by atoms with van der Waals surface area (Å²) in [6.07, 6.45) is 2.73. The summed E-state index contributed by atoms with van der Waals surface area (Å²) in [5.74, 6) is 0. The van der Waals surface area contributed by atoms with Gasteiger partial charge in [0.25, 0.3) is 0 Å². The molecule has 0 unspecified atom stereocenters. The number of aliphatic hydroxyl groups is 1. The normalized spacial score (nSPS) is 16.9. The predicted molar refractivity (Wildman–Crippen MR) is 64.5 cm³/mol. The molecule has 1 rings (SSSR count). The molecule has 0 radical (unpaired) electrons. The zero-order valence-electron chi connectivity index (χ0n) is 9.57. The molecule has 1 aromatic rings. The minimum atomic E-state index is -1.64. The lowest BCUT2D eigenvalue weighted by atomic mass is 9.75. The van der Waals surface area contributed by atoms with Crippen molar-refractivity contribution in [2.24, 2.45) is 5.41 Å². The van der Waals surface area contributed by atoms with Gasteiger partial charge in [-0.05, 0) is 0 Å². The van der Waals surface area contributed by atoms with Crippen molar-refractivity contribution in [3.05, 3.63) is 23.2 Å². The Hall–Kier alpha value is -0.650. The lowest BCUT2D eigenvalue weighted by Gasteiger charge is -2.40. The van der Waals surface area contributed by atoms with E-state index in [1.54, 1.807) is 13.8 Å². The summed E-state index contributed by atoms with van der Waals surface area (Å²) >= 11 is 11.4. The highest BCUT2D eigenvalue weighted by atomic mass is 35.5. The minimum Gasteiger partial charge on any atom is -0.382 e. The second-order valence-electron chi connectivity index (χ2n) is 4.43. The van der Waals surface area contributed by atoms with Crippen LogP contribution in [-0.2, 0) is 6.54 Å². The predicted octanol–water partition coefficient (Wildman–Crippen LogP) is 2.32. The maximum atomic E-state index is 13.1. The van der Waals surface area contributed by atoms with Crippen molar-refractivity contribution < 1.29 is 9.50 Å². The lowest BCUT2D eigenvalue weighted by molar-refractivity contribution is -0.0555. The molecule has 0 aliphatic rings. The minimum absolute atomic E-state index is 0.0219. The molecule has 0 spiro atoms. The highest BCUT2D eigenvalue weighted by Gasteiger charge is 2.47. The Morgan fingerprint density at radius 1 is 1.59 bits per heavy atom. The number of alkyl halides is 1. The summed E-state index contributed by atoms with van der Waals surface area (Å²) in [6.45, 7) is 2.35. The van der Waals surface area contributed by atoms with E-state index in [1.807, 2.05) is 0 Å². The van der Waals surface area contributed by atoms with Gasteiger partial charge in [0.2, 0.25) is 0 Å². The first kappa shape index (κ1) is 14.4. The number of aromatic nitrogens is 3. The molecule has 96 valence electrons. The summed E-state index contributed by atoms with van der Waals surface area (Å²) in [4.78, 5) is 3.75. The molecule has 1 aromatic heterocycles. The summed E-state index contributed by atoms with van der Waals surface area (Å²) in [5.41, 5.74) is -1.70. The fraction of sp³-hybridized carbons (Fsp3) is 0.600. The van der Waals surface area contributed by atoms with Crippen molar-refractivity contribution in [3.8, 4) is 0 Å². The van der Waals surface area contributed by atoms with Crippen LogP contribution in [0.25, 0.3) is 0 Å². The van der Waals surface area contributed by atoms with Crippen LogP contribution in [0.5, 0.6) is 0 Å². The van der Waals surface area contributed by atoms with Gasteiger partial charge >= 0.3 is 0 Å². The Balaban J connectivity index is 3.11. The van der Waals surface area contributed by atoms with E-state index in [4.69, 9.17) is 23.2 Å². The van der Waals surface area contributed by atoms with Crippen molar-refractivity contribution in [1.29, 1.82) is 0 Å². The molecule has 0 amide bonds. The molecular formula is C10H14Cl2FN3O. The average molecular weight is 282 g/mol. The molecule has 0 aliphatic carbocycles. The van der Waals surface area contributed by atoms with Gasteiger partial charge in [-0.15, -0.1) is 0 Å². The van der Waals surface area contributed by atoms with Gasteiger partial charge in [0, 0.05) is 11.0 Å². The number of hydrogen-bond donors (Lipinski definition) is 1. The van der Waals surface area contributed by atoms with Crippen LogP contribution in [-0.4, -0.2) is 32.1 Å². The quantitative estimate of drug-likeness (QED) is 0.901. The van der Waals surface area contributed by atoms with Crippen LogP contribution in [0.1, 0.15) is 13.8 Å². The highest BCUT2D eigenvalue weighted by Crippen LogP contribution is 2.40. The second-order valence-corrected chi connectivity index (χ2v) is 5.05. The molecule has 0 aliphatic heterocycles. The zero-order valence-corrected chi connectivity index (χ0v) is 11.1. The standard InChI is InChI=1S/C10H14Cl2FN3O/c1-9(2,4-13)10(17,8(12)3-11)5-16-7-14-6-15-16/h3,6-7,17H,4-5H2,1-2H3/b8-3-/t10-/m0/s1. The number of rotatable bonds is 5. The Morgan fingerprint density at radius 3 is 2.65 bits per heavy atom. The molecule has 0 aromatic carbocycles. The highest BCUT2D eigenvalue weighted by molar-refractivity contribution is 6.37. The van der Waals surface area contributed by atoms with Gasteiger partial charge in [-0.1, -0.05) is 37.0 Å².